The summed E-state index contributed by atoms with van der Waals surface area (Å²) in [6.07, 6.45) is 0. The second-order valence-electron chi connectivity index (χ2n) is 3.44. The number of hydrogen-bond donors (Lipinski definition) is 2. The molecule has 0 aliphatic carbocycles. The van der Waals surface area contributed by atoms with Gasteiger partial charge in [-0.05, 0) is 14.0 Å². The molecule has 0 aromatic carbocycles. The summed E-state index contributed by atoms with van der Waals surface area (Å²) in [5.74, 6) is 0. The molecule has 0 amide bonds. The zero-order chi connectivity index (χ0) is 9.14. The van der Waals surface area contributed by atoms with Crippen LogP contribution in [-0.2, 0) is 0 Å². The smallest absolute Gasteiger partial charge is 0.0599 e. The Labute approximate surface area is 79.8 Å². The summed E-state index contributed by atoms with van der Waals surface area (Å²) in [7, 11) is 2.06. The van der Waals surface area contributed by atoms with Gasteiger partial charge in [0.05, 0.1) is 6.61 Å². The SMILES string of the molecule is CC(S)N1CCN(C)[C@H](CO)C1. The highest BCUT2D eigenvalue weighted by atomic mass is 32.1. The summed E-state index contributed by atoms with van der Waals surface area (Å²) in [6, 6.07) is 0.286. The van der Waals surface area contributed by atoms with E-state index in [1.54, 1.807) is 0 Å². The van der Waals surface area contributed by atoms with Crippen LogP contribution in [0.25, 0.3) is 0 Å². The Kier molecular flexibility index (Phi) is 3.83. The van der Waals surface area contributed by atoms with Gasteiger partial charge in [-0.3, -0.25) is 9.80 Å². The van der Waals surface area contributed by atoms with E-state index in [0.29, 0.717) is 5.37 Å². The van der Waals surface area contributed by atoms with Gasteiger partial charge < -0.3 is 5.11 Å². The average Bonchev–Trinajstić information content (AvgIpc) is 2.05. The highest BCUT2D eigenvalue weighted by Crippen LogP contribution is 2.11. The summed E-state index contributed by atoms with van der Waals surface area (Å²) in [6.45, 7) is 5.32. The predicted octanol–water partition coefficient (Wildman–Crippen LogP) is -0.130. The molecule has 1 heterocycles. The number of nitrogens with zero attached hydrogens (tertiary/aromatic N) is 2. The van der Waals surface area contributed by atoms with E-state index in [0.717, 1.165) is 19.6 Å². The molecule has 1 aliphatic heterocycles. The minimum absolute atomic E-state index is 0.244. The normalized spacial score (nSPS) is 30.5. The highest BCUT2D eigenvalue weighted by Gasteiger charge is 2.24. The number of thiol groups is 1. The van der Waals surface area contributed by atoms with E-state index in [1.165, 1.54) is 0 Å². The second-order valence-corrected chi connectivity index (χ2v) is 4.19. The number of likely N-dealkylation sites (N-methyl/N-ethyl adjacent to an activating group) is 1. The van der Waals surface area contributed by atoms with Crippen LogP contribution in [0.15, 0.2) is 0 Å². The van der Waals surface area contributed by atoms with Crippen LogP contribution in [0.3, 0.4) is 0 Å². The van der Waals surface area contributed by atoms with Crippen LogP contribution < -0.4 is 0 Å². The molecule has 1 saturated heterocycles. The third-order valence-electron chi connectivity index (χ3n) is 2.55. The Morgan fingerprint density at radius 1 is 1.58 bits per heavy atom. The van der Waals surface area contributed by atoms with Crippen molar-refractivity contribution in [3.63, 3.8) is 0 Å². The van der Waals surface area contributed by atoms with Crippen molar-refractivity contribution in [2.45, 2.75) is 18.3 Å². The second kappa shape index (κ2) is 4.46. The van der Waals surface area contributed by atoms with Gasteiger partial charge in [-0.2, -0.15) is 12.6 Å². The quantitative estimate of drug-likeness (QED) is 0.594. The molecule has 1 unspecified atom stereocenters. The topological polar surface area (TPSA) is 26.7 Å². The maximum Gasteiger partial charge on any atom is 0.0599 e. The molecule has 0 bridgehead atoms. The Hall–Kier alpha value is 0.230. The van der Waals surface area contributed by atoms with Crippen molar-refractivity contribution in [1.29, 1.82) is 0 Å². The Morgan fingerprint density at radius 2 is 2.25 bits per heavy atom. The summed E-state index contributed by atoms with van der Waals surface area (Å²) < 4.78 is 0. The summed E-state index contributed by atoms with van der Waals surface area (Å²) in [4.78, 5) is 4.48. The molecule has 1 rings (SSSR count). The fraction of sp³-hybridized carbons (Fsp3) is 1.00. The predicted molar refractivity (Wildman–Crippen MR) is 53.5 cm³/mol. The van der Waals surface area contributed by atoms with Crippen molar-refractivity contribution in [3.05, 3.63) is 0 Å². The van der Waals surface area contributed by atoms with Gasteiger partial charge >= 0.3 is 0 Å². The molecule has 3 nitrogen and oxygen atoms in total. The minimum atomic E-state index is 0.244. The van der Waals surface area contributed by atoms with E-state index in [9.17, 15) is 0 Å². The van der Waals surface area contributed by atoms with Crippen molar-refractivity contribution < 1.29 is 5.11 Å². The average molecular weight is 190 g/mol. The Morgan fingerprint density at radius 3 is 2.75 bits per heavy atom. The minimum Gasteiger partial charge on any atom is -0.395 e. The third-order valence-corrected chi connectivity index (χ3v) is 2.87. The molecule has 12 heavy (non-hydrogen) atoms. The third kappa shape index (κ3) is 2.36. The van der Waals surface area contributed by atoms with Crippen LogP contribution in [0.2, 0.25) is 0 Å². The van der Waals surface area contributed by atoms with Crippen LogP contribution in [0, 0.1) is 0 Å². The first-order valence-electron chi connectivity index (χ1n) is 4.38. The van der Waals surface area contributed by atoms with Gasteiger partial charge in [0.25, 0.3) is 0 Å². The first-order valence-corrected chi connectivity index (χ1v) is 4.90. The lowest BCUT2D eigenvalue weighted by atomic mass is 10.2. The molecule has 0 aromatic rings. The van der Waals surface area contributed by atoms with E-state index in [4.69, 9.17) is 5.11 Å². The van der Waals surface area contributed by atoms with Gasteiger partial charge in [0.15, 0.2) is 0 Å². The molecule has 1 fully saturated rings. The van der Waals surface area contributed by atoms with E-state index >= 15 is 0 Å². The molecule has 4 heteroatoms. The van der Waals surface area contributed by atoms with Crippen LogP contribution in [-0.4, -0.2) is 59.6 Å². The molecule has 0 spiro atoms. The number of hydrogen-bond acceptors (Lipinski definition) is 4. The van der Waals surface area contributed by atoms with Crippen molar-refractivity contribution >= 4 is 12.6 Å². The summed E-state index contributed by atoms with van der Waals surface area (Å²) in [5, 5.41) is 9.37. The van der Waals surface area contributed by atoms with Crippen LogP contribution in [0.5, 0.6) is 0 Å². The largest absolute Gasteiger partial charge is 0.395 e. The first kappa shape index (κ1) is 10.3. The van der Waals surface area contributed by atoms with E-state index in [1.807, 2.05) is 0 Å². The highest BCUT2D eigenvalue weighted by molar-refractivity contribution is 7.80. The molecule has 0 aromatic heterocycles. The lowest BCUT2D eigenvalue weighted by Gasteiger charge is -2.40. The van der Waals surface area contributed by atoms with E-state index < -0.39 is 0 Å². The summed E-state index contributed by atoms with van der Waals surface area (Å²) in [5.41, 5.74) is 0. The number of piperazine rings is 1. The van der Waals surface area contributed by atoms with Crippen LogP contribution in [0.1, 0.15) is 6.92 Å². The molecule has 0 saturated carbocycles. The standard InChI is InChI=1S/C8H18N2OS/c1-7(12)10-4-3-9(2)8(5-10)6-11/h7-8,11-12H,3-6H2,1-2H3/t7?,8-/m0/s1. The summed E-state index contributed by atoms with van der Waals surface area (Å²) >= 11 is 4.38. The van der Waals surface area contributed by atoms with Crippen LogP contribution in [0.4, 0.5) is 0 Å². The van der Waals surface area contributed by atoms with Gasteiger partial charge in [0, 0.05) is 31.0 Å². The molecule has 1 N–H and O–H groups in total. The number of aliphatic hydroxyl groups excluding tert-OH is 1. The number of aliphatic hydroxyl groups is 1. The van der Waals surface area contributed by atoms with Gasteiger partial charge in [-0.25, -0.2) is 0 Å². The lowest BCUT2D eigenvalue weighted by Crippen LogP contribution is -2.54. The van der Waals surface area contributed by atoms with Crippen molar-refractivity contribution in [2.75, 3.05) is 33.3 Å². The Bertz CT molecular complexity index is 143. The molecular weight excluding hydrogens is 172 g/mol. The monoisotopic (exact) mass is 190 g/mol. The Balaban J connectivity index is 2.44. The lowest BCUT2D eigenvalue weighted by molar-refractivity contribution is 0.0553. The molecule has 1 aliphatic rings. The van der Waals surface area contributed by atoms with Crippen molar-refractivity contribution in [3.8, 4) is 0 Å². The maximum absolute atomic E-state index is 9.07. The molecule has 0 radical (unpaired) electrons. The van der Waals surface area contributed by atoms with Gasteiger partial charge in [-0.1, -0.05) is 0 Å². The fourth-order valence-corrected chi connectivity index (χ4v) is 1.72. The van der Waals surface area contributed by atoms with Gasteiger partial charge in [0.1, 0.15) is 0 Å². The van der Waals surface area contributed by atoms with Crippen molar-refractivity contribution in [2.24, 2.45) is 0 Å². The maximum atomic E-state index is 9.07. The van der Waals surface area contributed by atoms with E-state index in [-0.39, 0.29) is 12.6 Å². The van der Waals surface area contributed by atoms with E-state index in [2.05, 4.69) is 36.4 Å². The van der Waals surface area contributed by atoms with Crippen molar-refractivity contribution in [1.82, 2.24) is 9.80 Å². The zero-order valence-electron chi connectivity index (χ0n) is 7.77. The molecule has 72 valence electrons. The molecular formula is C8H18N2OS. The van der Waals surface area contributed by atoms with Crippen LogP contribution >= 0.6 is 12.6 Å². The number of rotatable bonds is 2. The zero-order valence-corrected chi connectivity index (χ0v) is 8.67. The van der Waals surface area contributed by atoms with Gasteiger partial charge in [-0.15, -0.1) is 0 Å². The molecule has 2 atom stereocenters. The first-order chi connectivity index (χ1) is 5.65. The van der Waals surface area contributed by atoms with Gasteiger partial charge in [0.2, 0.25) is 0 Å². The fourth-order valence-electron chi connectivity index (χ4n) is 1.51.